The van der Waals surface area contributed by atoms with Gasteiger partial charge in [-0.15, -0.1) is 0 Å². The lowest BCUT2D eigenvalue weighted by atomic mass is 10.1. The minimum Gasteiger partial charge on any atom is -0.462 e. The largest absolute Gasteiger partial charge is 0.462 e. The Balaban J connectivity index is 3.15. The van der Waals surface area contributed by atoms with Gasteiger partial charge in [0.05, 0.1) is 18.0 Å². The van der Waals surface area contributed by atoms with Crippen molar-refractivity contribution in [3.8, 4) is 0 Å². The second kappa shape index (κ2) is 6.26. The molecular formula is C14H21NO4S. The van der Waals surface area contributed by atoms with Gasteiger partial charge in [-0.1, -0.05) is 12.1 Å². The number of aryl methyl sites for hydroxylation is 1. The van der Waals surface area contributed by atoms with Gasteiger partial charge in [-0.25, -0.2) is 8.42 Å². The number of benzene rings is 1. The molecule has 0 heterocycles. The Bertz CT molecular complexity index is 593. The first-order valence-electron chi connectivity index (χ1n) is 6.36. The monoisotopic (exact) mass is 299 g/mol. The number of hydrogen-bond acceptors (Lipinski definition) is 4. The molecule has 1 rings (SSSR count). The highest BCUT2D eigenvalue weighted by Crippen LogP contribution is 2.24. The van der Waals surface area contributed by atoms with Crippen molar-refractivity contribution in [1.29, 1.82) is 0 Å². The number of ether oxygens (including phenoxy) is 1. The number of carbonyl (C=O) groups excluding carboxylic acids is 1. The van der Waals surface area contributed by atoms with Crippen LogP contribution in [0.4, 0.5) is 5.69 Å². The molecule has 0 aliphatic heterocycles. The molecular weight excluding hydrogens is 278 g/mol. The van der Waals surface area contributed by atoms with Crippen LogP contribution in [0.25, 0.3) is 0 Å². The van der Waals surface area contributed by atoms with E-state index < -0.39 is 16.0 Å². The van der Waals surface area contributed by atoms with Gasteiger partial charge in [-0.05, 0) is 44.9 Å². The first-order valence-corrected chi connectivity index (χ1v) is 8.21. The molecule has 0 aliphatic rings. The fourth-order valence-electron chi connectivity index (χ4n) is 1.80. The molecule has 0 amide bonds. The summed E-state index contributed by atoms with van der Waals surface area (Å²) in [5.74, 6) is -0.564. The third-order valence-electron chi connectivity index (χ3n) is 2.88. The van der Waals surface area contributed by atoms with Crippen LogP contribution in [0.15, 0.2) is 18.2 Å². The predicted octanol–water partition coefficient (Wildman–Crippen LogP) is 2.02. The lowest BCUT2D eigenvalue weighted by molar-refractivity contribution is -0.145. The van der Waals surface area contributed by atoms with E-state index in [0.29, 0.717) is 5.69 Å². The van der Waals surface area contributed by atoms with E-state index in [1.807, 2.05) is 19.9 Å². The molecule has 0 aromatic heterocycles. The van der Waals surface area contributed by atoms with E-state index >= 15 is 0 Å². The second-order valence-electron chi connectivity index (χ2n) is 5.03. The number of rotatable bonds is 5. The Morgan fingerprint density at radius 1 is 1.30 bits per heavy atom. The van der Waals surface area contributed by atoms with E-state index in [0.717, 1.165) is 21.7 Å². The summed E-state index contributed by atoms with van der Waals surface area (Å²) in [6.45, 7) is 6.85. The molecule has 0 fully saturated rings. The average Bonchev–Trinajstić information content (AvgIpc) is 2.28. The first-order chi connectivity index (χ1) is 9.12. The topological polar surface area (TPSA) is 63.7 Å². The summed E-state index contributed by atoms with van der Waals surface area (Å²) in [7, 11) is -3.56. The SMILES string of the molecule is Cc1cccc(N(CC(=O)OC(C)C)S(C)(=O)=O)c1C. The molecule has 0 spiro atoms. The zero-order chi connectivity index (χ0) is 15.5. The van der Waals surface area contributed by atoms with Crippen molar-refractivity contribution < 1.29 is 17.9 Å². The van der Waals surface area contributed by atoms with Gasteiger partial charge in [0.25, 0.3) is 0 Å². The molecule has 1 aromatic rings. The molecule has 0 aliphatic carbocycles. The molecule has 0 N–H and O–H groups in total. The van der Waals surface area contributed by atoms with Crippen molar-refractivity contribution in [1.82, 2.24) is 0 Å². The molecule has 0 saturated carbocycles. The summed E-state index contributed by atoms with van der Waals surface area (Å²) >= 11 is 0. The van der Waals surface area contributed by atoms with Gasteiger partial charge in [0, 0.05) is 0 Å². The summed E-state index contributed by atoms with van der Waals surface area (Å²) in [5, 5.41) is 0. The Morgan fingerprint density at radius 3 is 2.40 bits per heavy atom. The molecule has 0 atom stereocenters. The van der Waals surface area contributed by atoms with Crippen LogP contribution in [-0.2, 0) is 19.6 Å². The maximum atomic E-state index is 11.9. The van der Waals surface area contributed by atoms with E-state index in [-0.39, 0.29) is 12.6 Å². The highest BCUT2D eigenvalue weighted by molar-refractivity contribution is 7.92. The van der Waals surface area contributed by atoms with E-state index in [9.17, 15) is 13.2 Å². The maximum absolute atomic E-state index is 11.9. The fourth-order valence-corrected chi connectivity index (χ4v) is 2.70. The van der Waals surface area contributed by atoms with Crippen LogP contribution in [0.5, 0.6) is 0 Å². The van der Waals surface area contributed by atoms with Gasteiger partial charge in [-0.3, -0.25) is 9.10 Å². The molecule has 0 saturated heterocycles. The van der Waals surface area contributed by atoms with Crippen molar-refractivity contribution in [2.75, 3.05) is 17.1 Å². The summed E-state index contributed by atoms with van der Waals surface area (Å²) in [5.41, 5.74) is 2.30. The van der Waals surface area contributed by atoms with Crippen LogP contribution in [0.1, 0.15) is 25.0 Å². The molecule has 112 valence electrons. The first kappa shape index (κ1) is 16.5. The number of esters is 1. The van der Waals surface area contributed by atoms with Crippen molar-refractivity contribution in [3.63, 3.8) is 0 Å². The van der Waals surface area contributed by atoms with Crippen molar-refractivity contribution in [2.45, 2.75) is 33.8 Å². The van der Waals surface area contributed by atoms with Crippen LogP contribution in [0, 0.1) is 13.8 Å². The Morgan fingerprint density at radius 2 is 1.90 bits per heavy atom. The molecule has 5 nitrogen and oxygen atoms in total. The standard InChI is InChI=1S/C14H21NO4S/c1-10(2)19-14(16)9-15(20(5,17)18)13-8-6-7-11(3)12(13)4/h6-8,10H,9H2,1-5H3. The number of carbonyl (C=O) groups is 1. The Hall–Kier alpha value is -1.56. The summed E-state index contributed by atoms with van der Waals surface area (Å²) in [4.78, 5) is 11.8. The molecule has 6 heteroatoms. The summed E-state index contributed by atoms with van der Waals surface area (Å²) in [6.07, 6.45) is 0.805. The normalized spacial score (nSPS) is 11.5. The van der Waals surface area contributed by atoms with E-state index in [2.05, 4.69) is 0 Å². The van der Waals surface area contributed by atoms with E-state index in [4.69, 9.17) is 4.74 Å². The van der Waals surface area contributed by atoms with Crippen LogP contribution < -0.4 is 4.31 Å². The number of sulfonamides is 1. The lowest BCUT2D eigenvalue weighted by Gasteiger charge is -2.24. The summed E-state index contributed by atoms with van der Waals surface area (Å²) in [6, 6.07) is 5.35. The van der Waals surface area contributed by atoms with Gasteiger partial charge in [0.2, 0.25) is 10.0 Å². The third-order valence-corrected chi connectivity index (χ3v) is 4.01. The van der Waals surface area contributed by atoms with Gasteiger partial charge in [0.15, 0.2) is 0 Å². The van der Waals surface area contributed by atoms with Crippen LogP contribution in [0.2, 0.25) is 0 Å². The average molecular weight is 299 g/mol. The highest BCUT2D eigenvalue weighted by atomic mass is 32.2. The van der Waals surface area contributed by atoms with Crippen molar-refractivity contribution in [3.05, 3.63) is 29.3 Å². The van der Waals surface area contributed by atoms with Crippen LogP contribution in [-0.4, -0.2) is 33.3 Å². The van der Waals surface area contributed by atoms with E-state index in [1.54, 1.807) is 26.0 Å². The molecule has 0 bridgehead atoms. The Labute approximate surface area is 120 Å². The lowest BCUT2D eigenvalue weighted by Crippen LogP contribution is -2.37. The third kappa shape index (κ3) is 4.23. The Kier molecular flexibility index (Phi) is 5.16. The number of nitrogens with zero attached hydrogens (tertiary/aromatic N) is 1. The van der Waals surface area contributed by atoms with Gasteiger partial charge >= 0.3 is 5.97 Å². The smallest absolute Gasteiger partial charge is 0.327 e. The highest BCUT2D eigenvalue weighted by Gasteiger charge is 2.23. The molecule has 0 unspecified atom stereocenters. The number of anilines is 1. The van der Waals surface area contributed by atoms with Gasteiger partial charge in [-0.2, -0.15) is 0 Å². The van der Waals surface area contributed by atoms with Crippen LogP contribution >= 0.6 is 0 Å². The fraction of sp³-hybridized carbons (Fsp3) is 0.500. The minimum atomic E-state index is -3.56. The maximum Gasteiger partial charge on any atom is 0.327 e. The van der Waals surface area contributed by atoms with Gasteiger partial charge < -0.3 is 4.74 Å². The zero-order valence-corrected chi connectivity index (χ0v) is 13.3. The molecule has 0 radical (unpaired) electrons. The minimum absolute atomic E-state index is 0.275. The van der Waals surface area contributed by atoms with Gasteiger partial charge in [0.1, 0.15) is 6.54 Å². The quantitative estimate of drug-likeness (QED) is 0.780. The van der Waals surface area contributed by atoms with Crippen LogP contribution in [0.3, 0.4) is 0 Å². The van der Waals surface area contributed by atoms with Crippen molar-refractivity contribution >= 4 is 21.7 Å². The number of hydrogen-bond donors (Lipinski definition) is 0. The zero-order valence-electron chi connectivity index (χ0n) is 12.5. The molecule has 1 aromatic carbocycles. The predicted molar refractivity (Wildman–Crippen MR) is 79.3 cm³/mol. The van der Waals surface area contributed by atoms with Crippen molar-refractivity contribution in [2.24, 2.45) is 0 Å². The summed E-state index contributed by atoms with van der Waals surface area (Å²) < 4.78 is 30.0. The van der Waals surface area contributed by atoms with E-state index in [1.165, 1.54) is 0 Å². The second-order valence-corrected chi connectivity index (χ2v) is 6.93. The molecule has 20 heavy (non-hydrogen) atoms.